The normalized spacial score (nSPS) is 11.2. The number of amides is 1. The van der Waals surface area contributed by atoms with Gasteiger partial charge >= 0.3 is 0 Å². The van der Waals surface area contributed by atoms with Crippen LogP contribution >= 0.6 is 0 Å². The van der Waals surface area contributed by atoms with Gasteiger partial charge in [0.05, 0.1) is 30.9 Å². The summed E-state index contributed by atoms with van der Waals surface area (Å²) in [4.78, 5) is 23.5. The number of nitrogens with zero attached hydrogens (tertiary/aromatic N) is 3. The van der Waals surface area contributed by atoms with Gasteiger partial charge in [-0.15, -0.1) is 0 Å². The fraction of sp³-hybridized carbons (Fsp3) is 0.0690. The lowest BCUT2D eigenvalue weighted by atomic mass is 10.1. The summed E-state index contributed by atoms with van der Waals surface area (Å²) < 4.78 is 12.7. The number of aromatic nitrogens is 3. The second kappa shape index (κ2) is 8.83. The topological polar surface area (TPSA) is 104 Å². The SMILES string of the molecule is COc1ccc(-n2c(N)c(C(=O)Nc3cccc4ccccc34)c3nc4ccccc4nc32)c(OC)c1. The van der Waals surface area contributed by atoms with E-state index in [0.29, 0.717) is 45.1 Å². The van der Waals surface area contributed by atoms with E-state index in [1.54, 1.807) is 30.9 Å². The molecule has 2 heterocycles. The van der Waals surface area contributed by atoms with Gasteiger partial charge in [-0.1, -0.05) is 48.5 Å². The van der Waals surface area contributed by atoms with Gasteiger partial charge in [0.25, 0.3) is 5.91 Å². The molecule has 0 aliphatic rings. The van der Waals surface area contributed by atoms with Crippen molar-refractivity contribution in [3.8, 4) is 17.2 Å². The number of fused-ring (bicyclic) bond motifs is 3. The first-order valence-corrected chi connectivity index (χ1v) is 11.7. The van der Waals surface area contributed by atoms with Gasteiger partial charge in [-0.25, -0.2) is 9.97 Å². The van der Waals surface area contributed by atoms with Crippen molar-refractivity contribution in [2.24, 2.45) is 0 Å². The third-order valence-electron chi connectivity index (χ3n) is 6.39. The molecule has 0 fully saturated rings. The van der Waals surface area contributed by atoms with E-state index in [1.165, 1.54) is 0 Å². The number of nitrogen functional groups attached to an aromatic ring is 1. The van der Waals surface area contributed by atoms with Crippen LogP contribution in [0.15, 0.2) is 84.9 Å². The molecule has 8 heteroatoms. The Morgan fingerprint density at radius 3 is 2.38 bits per heavy atom. The van der Waals surface area contributed by atoms with Crippen LogP contribution in [0.5, 0.6) is 11.5 Å². The van der Waals surface area contributed by atoms with Gasteiger partial charge < -0.3 is 20.5 Å². The average molecular weight is 490 g/mol. The molecule has 4 aromatic carbocycles. The Labute approximate surface area is 212 Å². The fourth-order valence-electron chi connectivity index (χ4n) is 4.62. The second-order valence-corrected chi connectivity index (χ2v) is 8.50. The Morgan fingerprint density at radius 1 is 0.865 bits per heavy atom. The predicted octanol–water partition coefficient (Wildman–Crippen LogP) is 5.58. The van der Waals surface area contributed by atoms with Gasteiger partial charge in [-0.2, -0.15) is 0 Å². The lowest BCUT2D eigenvalue weighted by Crippen LogP contribution is -2.15. The van der Waals surface area contributed by atoms with E-state index in [-0.39, 0.29) is 17.3 Å². The van der Waals surface area contributed by atoms with Gasteiger partial charge in [-0.3, -0.25) is 9.36 Å². The van der Waals surface area contributed by atoms with Crippen LogP contribution < -0.4 is 20.5 Å². The highest BCUT2D eigenvalue weighted by molar-refractivity contribution is 6.18. The smallest absolute Gasteiger partial charge is 0.261 e. The highest BCUT2D eigenvalue weighted by Crippen LogP contribution is 2.37. The molecule has 6 aromatic rings. The van der Waals surface area contributed by atoms with Gasteiger partial charge in [0.15, 0.2) is 5.65 Å². The molecule has 0 atom stereocenters. The van der Waals surface area contributed by atoms with E-state index in [2.05, 4.69) is 5.32 Å². The van der Waals surface area contributed by atoms with Crippen LogP contribution in [0.4, 0.5) is 11.5 Å². The first-order chi connectivity index (χ1) is 18.1. The number of benzene rings is 4. The molecule has 0 saturated carbocycles. The molecule has 2 aromatic heterocycles. The fourth-order valence-corrected chi connectivity index (χ4v) is 4.62. The standard InChI is InChI=1S/C29H23N5O3/c1-36-18-14-15-23(24(16-18)37-2)34-27(30)25(26-28(34)32-22-12-6-5-11-21(22)31-26)29(35)33-20-13-7-9-17-8-3-4-10-19(17)20/h3-16H,30H2,1-2H3,(H,33,35). The van der Waals surface area contributed by atoms with Crippen molar-refractivity contribution in [1.82, 2.24) is 14.5 Å². The van der Waals surface area contributed by atoms with Crippen LogP contribution in [0.2, 0.25) is 0 Å². The summed E-state index contributed by atoms with van der Waals surface area (Å²) in [7, 11) is 3.15. The minimum Gasteiger partial charge on any atom is -0.497 e. The molecule has 0 saturated heterocycles. The predicted molar refractivity (Wildman–Crippen MR) is 146 cm³/mol. The van der Waals surface area contributed by atoms with E-state index in [9.17, 15) is 4.79 Å². The number of nitrogens with one attached hydrogen (secondary N) is 1. The number of carbonyl (C=O) groups is 1. The minimum atomic E-state index is -0.380. The summed E-state index contributed by atoms with van der Waals surface area (Å²) in [5.74, 6) is 0.959. The van der Waals surface area contributed by atoms with Crippen molar-refractivity contribution in [2.45, 2.75) is 0 Å². The molecular formula is C29H23N5O3. The van der Waals surface area contributed by atoms with Crippen molar-refractivity contribution < 1.29 is 14.3 Å². The Bertz CT molecular complexity index is 1820. The average Bonchev–Trinajstić information content (AvgIpc) is 3.21. The van der Waals surface area contributed by atoms with Crippen LogP contribution in [0.25, 0.3) is 38.7 Å². The van der Waals surface area contributed by atoms with Crippen LogP contribution in [0.1, 0.15) is 10.4 Å². The Kier molecular flexibility index (Phi) is 5.34. The molecular weight excluding hydrogens is 466 g/mol. The molecule has 0 bridgehead atoms. The Morgan fingerprint density at radius 2 is 1.59 bits per heavy atom. The molecule has 0 unspecified atom stereocenters. The van der Waals surface area contributed by atoms with E-state index in [1.807, 2.05) is 72.8 Å². The molecule has 0 spiro atoms. The Hall–Kier alpha value is -5.11. The van der Waals surface area contributed by atoms with E-state index in [4.69, 9.17) is 25.2 Å². The van der Waals surface area contributed by atoms with Crippen molar-refractivity contribution in [1.29, 1.82) is 0 Å². The van der Waals surface area contributed by atoms with Crippen LogP contribution in [-0.2, 0) is 0 Å². The first kappa shape index (κ1) is 22.4. The van der Waals surface area contributed by atoms with E-state index < -0.39 is 0 Å². The van der Waals surface area contributed by atoms with Gasteiger partial charge in [0.1, 0.15) is 28.4 Å². The monoisotopic (exact) mass is 489 g/mol. The first-order valence-electron chi connectivity index (χ1n) is 11.7. The number of carbonyl (C=O) groups excluding carboxylic acids is 1. The summed E-state index contributed by atoms with van der Waals surface area (Å²) in [5.41, 5.74) is 10.4. The molecule has 3 N–H and O–H groups in total. The number of hydrogen-bond acceptors (Lipinski definition) is 6. The summed E-state index contributed by atoms with van der Waals surface area (Å²) in [6.07, 6.45) is 0. The molecule has 6 rings (SSSR count). The maximum absolute atomic E-state index is 13.8. The van der Waals surface area contributed by atoms with Gasteiger partial charge in [-0.05, 0) is 35.7 Å². The van der Waals surface area contributed by atoms with Crippen molar-refractivity contribution in [3.63, 3.8) is 0 Å². The lowest BCUT2D eigenvalue weighted by molar-refractivity contribution is 0.102. The number of rotatable bonds is 5. The minimum absolute atomic E-state index is 0.200. The molecule has 1 amide bonds. The summed E-state index contributed by atoms with van der Waals surface area (Å²) >= 11 is 0. The van der Waals surface area contributed by atoms with Gasteiger partial charge in [0, 0.05) is 17.1 Å². The summed E-state index contributed by atoms with van der Waals surface area (Å²) in [6.45, 7) is 0. The van der Waals surface area contributed by atoms with Crippen LogP contribution in [0, 0.1) is 0 Å². The molecule has 37 heavy (non-hydrogen) atoms. The van der Waals surface area contributed by atoms with Gasteiger partial charge in [0.2, 0.25) is 0 Å². The third kappa shape index (κ3) is 3.66. The largest absolute Gasteiger partial charge is 0.497 e. The maximum Gasteiger partial charge on any atom is 0.261 e. The molecule has 8 nitrogen and oxygen atoms in total. The number of hydrogen-bond donors (Lipinski definition) is 2. The number of para-hydroxylation sites is 2. The second-order valence-electron chi connectivity index (χ2n) is 8.50. The maximum atomic E-state index is 13.8. The molecule has 0 aliphatic heterocycles. The van der Waals surface area contributed by atoms with Crippen molar-refractivity contribution in [3.05, 3.63) is 90.5 Å². The zero-order valence-corrected chi connectivity index (χ0v) is 20.2. The quantitative estimate of drug-likeness (QED) is 0.328. The van der Waals surface area contributed by atoms with Crippen LogP contribution in [-0.4, -0.2) is 34.7 Å². The number of nitrogens with two attached hydrogens (primary N) is 1. The highest BCUT2D eigenvalue weighted by atomic mass is 16.5. The highest BCUT2D eigenvalue weighted by Gasteiger charge is 2.26. The zero-order valence-electron chi connectivity index (χ0n) is 20.2. The number of ether oxygens (including phenoxy) is 2. The van der Waals surface area contributed by atoms with Crippen molar-refractivity contribution >= 4 is 50.4 Å². The molecule has 0 aliphatic carbocycles. The van der Waals surface area contributed by atoms with Crippen molar-refractivity contribution in [2.75, 3.05) is 25.3 Å². The number of anilines is 2. The van der Waals surface area contributed by atoms with E-state index in [0.717, 1.165) is 10.8 Å². The van der Waals surface area contributed by atoms with E-state index >= 15 is 0 Å². The Balaban J connectivity index is 1.59. The zero-order chi connectivity index (χ0) is 25.5. The number of methoxy groups -OCH3 is 2. The summed E-state index contributed by atoms with van der Waals surface area (Å²) in [5, 5.41) is 4.99. The molecule has 182 valence electrons. The lowest BCUT2D eigenvalue weighted by Gasteiger charge is -2.14. The van der Waals surface area contributed by atoms with Crippen LogP contribution in [0.3, 0.4) is 0 Å². The molecule has 0 radical (unpaired) electrons. The third-order valence-corrected chi connectivity index (χ3v) is 6.39. The summed E-state index contributed by atoms with van der Waals surface area (Å²) in [6, 6.07) is 26.5.